The van der Waals surface area contributed by atoms with E-state index in [-0.39, 0.29) is 30.3 Å². The molecular formula is C20H30ClFN2O3. The number of β-amino-alcohol motifs (C(OH)–C–C–N with tert-alkyl or cyclic N) is 1. The molecule has 27 heavy (non-hydrogen) atoms. The molecule has 7 heteroatoms. The Bertz CT molecular complexity index is 651. The highest BCUT2D eigenvalue weighted by molar-refractivity contribution is 6.31. The molecule has 1 aliphatic rings. The van der Waals surface area contributed by atoms with Gasteiger partial charge in [-0.15, -0.1) is 0 Å². The van der Waals surface area contributed by atoms with Crippen molar-refractivity contribution < 1.29 is 19.0 Å². The summed E-state index contributed by atoms with van der Waals surface area (Å²) in [6, 6.07) is 4.78. The minimum absolute atomic E-state index is 0.228. The molecule has 1 aromatic carbocycles. The number of ether oxygens (including phenoxy) is 1. The average Bonchev–Trinajstić information content (AvgIpc) is 2.59. The van der Waals surface area contributed by atoms with Crippen LogP contribution in [0.3, 0.4) is 0 Å². The van der Waals surface area contributed by atoms with E-state index in [4.69, 9.17) is 16.3 Å². The maximum absolute atomic E-state index is 14.6. The van der Waals surface area contributed by atoms with E-state index in [1.54, 1.807) is 18.2 Å². The number of hydrogen-bond acceptors (Lipinski definition) is 4. The van der Waals surface area contributed by atoms with Gasteiger partial charge in [-0.2, -0.15) is 0 Å². The van der Waals surface area contributed by atoms with Crippen LogP contribution in [0.5, 0.6) is 5.75 Å². The molecule has 1 fully saturated rings. The maximum Gasteiger partial charge on any atom is 0.251 e. The number of nitrogens with one attached hydrogen (secondary N) is 1. The molecule has 0 aliphatic carbocycles. The van der Waals surface area contributed by atoms with Gasteiger partial charge in [-0.05, 0) is 36.6 Å². The van der Waals surface area contributed by atoms with Crippen LogP contribution in [-0.2, 0) is 0 Å². The van der Waals surface area contributed by atoms with Crippen LogP contribution >= 0.6 is 11.6 Å². The SMILES string of the molecule is COc1cc(Cl)cc(C(=O)NC[C@H]2CCN(CC(O)C(C)(C)C)C[C@H]2F)c1. The molecule has 1 saturated heterocycles. The van der Waals surface area contributed by atoms with Gasteiger partial charge in [-0.25, -0.2) is 4.39 Å². The van der Waals surface area contributed by atoms with Gasteiger partial charge in [0, 0.05) is 36.1 Å². The summed E-state index contributed by atoms with van der Waals surface area (Å²) in [5, 5.41) is 13.4. The Hall–Kier alpha value is -1.37. The van der Waals surface area contributed by atoms with Gasteiger partial charge in [-0.3, -0.25) is 9.69 Å². The molecule has 0 spiro atoms. The molecule has 1 heterocycles. The van der Waals surface area contributed by atoms with Crippen LogP contribution in [0.4, 0.5) is 4.39 Å². The molecule has 0 aromatic heterocycles. The van der Waals surface area contributed by atoms with Gasteiger partial charge in [-0.1, -0.05) is 32.4 Å². The summed E-state index contributed by atoms with van der Waals surface area (Å²) in [5.41, 5.74) is 0.162. The van der Waals surface area contributed by atoms with Crippen LogP contribution in [0.15, 0.2) is 18.2 Å². The van der Waals surface area contributed by atoms with Gasteiger partial charge >= 0.3 is 0 Å². The second-order valence-electron chi connectivity index (χ2n) is 8.30. The Labute approximate surface area is 165 Å². The van der Waals surface area contributed by atoms with Crippen molar-refractivity contribution in [2.24, 2.45) is 11.3 Å². The highest BCUT2D eigenvalue weighted by Crippen LogP contribution is 2.25. The third-order valence-electron chi connectivity index (χ3n) is 5.09. The minimum Gasteiger partial charge on any atom is -0.497 e. The van der Waals surface area contributed by atoms with E-state index in [0.29, 0.717) is 35.8 Å². The first-order chi connectivity index (χ1) is 12.6. The number of aliphatic hydroxyl groups is 1. The summed E-state index contributed by atoms with van der Waals surface area (Å²) in [4.78, 5) is 14.3. The number of piperidine rings is 1. The van der Waals surface area contributed by atoms with Crippen molar-refractivity contribution in [3.63, 3.8) is 0 Å². The number of nitrogens with zero attached hydrogens (tertiary/aromatic N) is 1. The lowest BCUT2D eigenvalue weighted by Gasteiger charge is -2.38. The normalized spacial score (nSPS) is 22.3. The second-order valence-corrected chi connectivity index (χ2v) is 8.73. The predicted octanol–water partition coefficient (Wildman–Crippen LogP) is 3.15. The molecule has 2 rings (SSSR count). The van der Waals surface area contributed by atoms with E-state index >= 15 is 0 Å². The maximum atomic E-state index is 14.6. The van der Waals surface area contributed by atoms with Crippen LogP contribution < -0.4 is 10.1 Å². The first kappa shape index (κ1) is 21.9. The van der Waals surface area contributed by atoms with Gasteiger partial charge < -0.3 is 15.2 Å². The summed E-state index contributed by atoms with van der Waals surface area (Å²) in [7, 11) is 1.51. The molecule has 5 nitrogen and oxygen atoms in total. The predicted molar refractivity (Wildman–Crippen MR) is 105 cm³/mol. The Morgan fingerprint density at radius 1 is 1.44 bits per heavy atom. The number of likely N-dealkylation sites (tertiary alicyclic amines) is 1. The van der Waals surface area contributed by atoms with Crippen molar-refractivity contribution >= 4 is 17.5 Å². The van der Waals surface area contributed by atoms with E-state index in [9.17, 15) is 14.3 Å². The van der Waals surface area contributed by atoms with Crippen molar-refractivity contribution in [3.05, 3.63) is 28.8 Å². The first-order valence-corrected chi connectivity index (χ1v) is 9.65. The monoisotopic (exact) mass is 400 g/mol. The minimum atomic E-state index is -1.04. The molecule has 1 aromatic rings. The van der Waals surface area contributed by atoms with Crippen molar-refractivity contribution in [2.45, 2.75) is 39.5 Å². The van der Waals surface area contributed by atoms with Gasteiger partial charge in [0.15, 0.2) is 0 Å². The summed E-state index contributed by atoms with van der Waals surface area (Å²) in [6.45, 7) is 7.63. The van der Waals surface area contributed by atoms with Gasteiger partial charge in [0.05, 0.1) is 13.2 Å². The van der Waals surface area contributed by atoms with Crippen molar-refractivity contribution in [2.75, 3.05) is 33.3 Å². The second kappa shape index (κ2) is 9.22. The number of carbonyl (C=O) groups is 1. The fraction of sp³-hybridized carbons (Fsp3) is 0.650. The van der Waals surface area contributed by atoms with Crippen molar-refractivity contribution in [1.82, 2.24) is 10.2 Å². The van der Waals surface area contributed by atoms with Crippen LogP contribution in [0, 0.1) is 11.3 Å². The number of aliphatic hydroxyl groups excluding tert-OH is 1. The zero-order valence-corrected chi connectivity index (χ0v) is 17.2. The number of amides is 1. The molecule has 0 saturated carbocycles. The molecule has 3 atom stereocenters. The fourth-order valence-electron chi connectivity index (χ4n) is 3.07. The lowest BCUT2D eigenvalue weighted by atomic mass is 9.87. The molecule has 0 bridgehead atoms. The first-order valence-electron chi connectivity index (χ1n) is 9.27. The lowest BCUT2D eigenvalue weighted by molar-refractivity contribution is 0.00151. The van der Waals surface area contributed by atoms with E-state index in [1.807, 2.05) is 25.7 Å². The highest BCUT2D eigenvalue weighted by atomic mass is 35.5. The van der Waals surface area contributed by atoms with Crippen molar-refractivity contribution in [3.8, 4) is 5.75 Å². The molecule has 1 unspecified atom stereocenters. The molecule has 1 amide bonds. The summed E-state index contributed by atoms with van der Waals surface area (Å²) in [5.74, 6) is -0.0339. The number of hydrogen-bond donors (Lipinski definition) is 2. The van der Waals surface area contributed by atoms with E-state index in [0.717, 1.165) is 0 Å². The van der Waals surface area contributed by atoms with Gasteiger partial charge in [0.25, 0.3) is 5.91 Å². The number of benzene rings is 1. The molecule has 0 radical (unpaired) electrons. The highest BCUT2D eigenvalue weighted by Gasteiger charge is 2.32. The third kappa shape index (κ3) is 6.33. The Kier molecular flexibility index (Phi) is 7.48. The third-order valence-corrected chi connectivity index (χ3v) is 5.30. The molecular weight excluding hydrogens is 371 g/mol. The van der Waals surface area contributed by atoms with E-state index in [1.165, 1.54) is 7.11 Å². The number of rotatable bonds is 6. The van der Waals surface area contributed by atoms with E-state index < -0.39 is 12.3 Å². The topological polar surface area (TPSA) is 61.8 Å². The largest absolute Gasteiger partial charge is 0.497 e. The van der Waals surface area contributed by atoms with E-state index in [2.05, 4.69) is 5.32 Å². The average molecular weight is 401 g/mol. The smallest absolute Gasteiger partial charge is 0.251 e. The van der Waals surface area contributed by atoms with Crippen LogP contribution in [0.1, 0.15) is 37.6 Å². The summed E-state index contributed by atoms with van der Waals surface area (Å²) in [6.07, 6.45) is -0.907. The van der Waals surface area contributed by atoms with Crippen LogP contribution in [0.2, 0.25) is 5.02 Å². The lowest BCUT2D eigenvalue weighted by Crippen LogP contribution is -2.49. The standard InChI is InChI=1S/C20H30ClFN2O3/c1-20(2,3)18(25)12-24-6-5-13(17(22)11-24)10-23-19(26)14-7-15(21)9-16(8-14)27-4/h7-9,13,17-18,25H,5-6,10-12H2,1-4H3,(H,23,26)/t13-,17-,18?/m1/s1. The Morgan fingerprint density at radius 3 is 2.74 bits per heavy atom. The quantitative estimate of drug-likeness (QED) is 0.770. The van der Waals surface area contributed by atoms with Crippen molar-refractivity contribution in [1.29, 1.82) is 0 Å². The number of carbonyl (C=O) groups excluding carboxylic acids is 1. The molecule has 152 valence electrons. The summed E-state index contributed by atoms with van der Waals surface area (Å²) < 4.78 is 19.7. The summed E-state index contributed by atoms with van der Waals surface area (Å²) >= 11 is 5.99. The zero-order chi connectivity index (χ0) is 20.2. The Balaban J connectivity index is 1.85. The van der Waals surface area contributed by atoms with Gasteiger partial charge in [0.2, 0.25) is 0 Å². The molecule has 2 N–H and O–H groups in total. The molecule has 1 aliphatic heterocycles. The number of halogens is 2. The van der Waals surface area contributed by atoms with Gasteiger partial charge in [0.1, 0.15) is 11.9 Å². The zero-order valence-electron chi connectivity index (χ0n) is 16.5. The number of methoxy groups -OCH3 is 1. The van der Waals surface area contributed by atoms with Crippen LogP contribution in [0.25, 0.3) is 0 Å². The Morgan fingerprint density at radius 2 is 2.15 bits per heavy atom. The van der Waals surface area contributed by atoms with Crippen LogP contribution in [-0.4, -0.2) is 61.5 Å². The number of alkyl halides is 1. The fourth-order valence-corrected chi connectivity index (χ4v) is 3.29.